The molecule has 0 fully saturated rings. The Hall–Kier alpha value is -1.32. The number of rotatable bonds is 1. The first-order valence-electron chi connectivity index (χ1n) is 5.84. The van der Waals surface area contributed by atoms with Crippen LogP contribution in [0.25, 0.3) is 5.69 Å². The lowest BCUT2D eigenvalue weighted by molar-refractivity contribution is 0.558. The van der Waals surface area contributed by atoms with Crippen molar-refractivity contribution < 1.29 is 0 Å². The summed E-state index contributed by atoms with van der Waals surface area (Å²) in [4.78, 5) is 0. The predicted octanol–water partition coefficient (Wildman–Crippen LogP) is 2.86. The van der Waals surface area contributed by atoms with Gasteiger partial charge in [-0.15, -0.1) is 0 Å². The van der Waals surface area contributed by atoms with Gasteiger partial charge in [-0.3, -0.25) is 0 Å². The van der Waals surface area contributed by atoms with Gasteiger partial charge in [-0.25, -0.2) is 4.68 Å². The quantitative estimate of drug-likeness (QED) is 0.842. The Morgan fingerprint density at radius 1 is 1.41 bits per heavy atom. The van der Waals surface area contributed by atoms with Crippen molar-refractivity contribution in [2.45, 2.75) is 25.3 Å². The van der Waals surface area contributed by atoms with Crippen LogP contribution >= 0.6 is 11.6 Å². The molecule has 0 saturated carbocycles. The fourth-order valence-electron chi connectivity index (χ4n) is 2.42. The van der Waals surface area contributed by atoms with Gasteiger partial charge in [-0.05, 0) is 37.5 Å². The van der Waals surface area contributed by atoms with E-state index in [0.29, 0.717) is 0 Å². The van der Waals surface area contributed by atoms with Gasteiger partial charge < -0.3 is 5.73 Å². The first-order chi connectivity index (χ1) is 8.25. The number of hydrogen-bond donors (Lipinski definition) is 1. The molecule has 1 aromatic carbocycles. The molecular formula is C13H14ClN3. The minimum absolute atomic E-state index is 0.131. The second-order valence-electron chi connectivity index (χ2n) is 4.44. The average Bonchev–Trinajstić information content (AvgIpc) is 2.74. The number of nitrogens with two attached hydrogens (primary N) is 1. The molecule has 1 atom stereocenters. The third-order valence-corrected chi connectivity index (χ3v) is 3.52. The SMILES string of the molecule is NC1CCCc2c1cnn2-c1cccc(Cl)c1. The van der Waals surface area contributed by atoms with Crippen molar-refractivity contribution in [3.63, 3.8) is 0 Å². The zero-order valence-corrected chi connectivity index (χ0v) is 10.2. The molecule has 1 aliphatic carbocycles. The monoisotopic (exact) mass is 247 g/mol. The third-order valence-electron chi connectivity index (χ3n) is 3.28. The third kappa shape index (κ3) is 1.85. The van der Waals surface area contributed by atoms with Gasteiger partial charge in [0.2, 0.25) is 0 Å². The van der Waals surface area contributed by atoms with E-state index in [9.17, 15) is 0 Å². The minimum atomic E-state index is 0.131. The van der Waals surface area contributed by atoms with Gasteiger partial charge in [0.1, 0.15) is 0 Å². The summed E-state index contributed by atoms with van der Waals surface area (Å²) in [7, 11) is 0. The molecule has 0 aliphatic heterocycles. The zero-order valence-electron chi connectivity index (χ0n) is 9.44. The number of aromatic nitrogens is 2. The van der Waals surface area contributed by atoms with Crippen LogP contribution in [0.15, 0.2) is 30.5 Å². The molecule has 1 heterocycles. The van der Waals surface area contributed by atoms with Gasteiger partial charge in [0.25, 0.3) is 0 Å². The smallest absolute Gasteiger partial charge is 0.0663 e. The van der Waals surface area contributed by atoms with Crippen LogP contribution in [-0.4, -0.2) is 9.78 Å². The van der Waals surface area contributed by atoms with E-state index in [1.54, 1.807) is 0 Å². The van der Waals surface area contributed by atoms with Crippen molar-refractivity contribution in [3.05, 3.63) is 46.7 Å². The van der Waals surface area contributed by atoms with Crippen LogP contribution < -0.4 is 5.73 Å². The van der Waals surface area contributed by atoms with E-state index < -0.39 is 0 Å². The van der Waals surface area contributed by atoms with Crippen molar-refractivity contribution in [2.75, 3.05) is 0 Å². The lowest BCUT2D eigenvalue weighted by Gasteiger charge is -2.19. The van der Waals surface area contributed by atoms with Crippen molar-refractivity contribution in [1.29, 1.82) is 0 Å². The van der Waals surface area contributed by atoms with E-state index in [1.807, 2.05) is 35.1 Å². The first-order valence-corrected chi connectivity index (χ1v) is 6.22. The predicted molar refractivity (Wildman–Crippen MR) is 68.4 cm³/mol. The van der Waals surface area contributed by atoms with Gasteiger partial charge in [-0.2, -0.15) is 5.10 Å². The van der Waals surface area contributed by atoms with Crippen LogP contribution in [0.2, 0.25) is 5.02 Å². The fraction of sp³-hybridized carbons (Fsp3) is 0.308. The lowest BCUT2D eigenvalue weighted by atomic mass is 9.94. The lowest BCUT2D eigenvalue weighted by Crippen LogP contribution is -2.17. The van der Waals surface area contributed by atoms with E-state index in [-0.39, 0.29) is 6.04 Å². The van der Waals surface area contributed by atoms with E-state index in [1.165, 1.54) is 11.3 Å². The summed E-state index contributed by atoms with van der Waals surface area (Å²) in [5, 5.41) is 5.17. The Bertz CT molecular complexity index is 547. The maximum absolute atomic E-state index is 6.09. The Kier molecular flexibility index (Phi) is 2.65. The van der Waals surface area contributed by atoms with Gasteiger partial charge in [0.05, 0.1) is 11.9 Å². The second-order valence-corrected chi connectivity index (χ2v) is 4.87. The molecule has 0 bridgehead atoms. The van der Waals surface area contributed by atoms with Crippen LogP contribution in [0.1, 0.15) is 30.1 Å². The summed E-state index contributed by atoms with van der Waals surface area (Å²) in [6.45, 7) is 0. The van der Waals surface area contributed by atoms with Gasteiger partial charge in [0.15, 0.2) is 0 Å². The first kappa shape index (κ1) is 10.8. The molecule has 0 amide bonds. The van der Waals surface area contributed by atoms with E-state index in [4.69, 9.17) is 17.3 Å². The molecule has 1 unspecified atom stereocenters. The molecule has 3 nitrogen and oxygen atoms in total. The van der Waals surface area contributed by atoms with Gasteiger partial charge >= 0.3 is 0 Å². The molecule has 17 heavy (non-hydrogen) atoms. The number of fused-ring (bicyclic) bond motifs is 1. The Balaban J connectivity index is 2.10. The Morgan fingerprint density at radius 3 is 3.12 bits per heavy atom. The highest BCUT2D eigenvalue weighted by atomic mass is 35.5. The number of hydrogen-bond acceptors (Lipinski definition) is 2. The fourth-order valence-corrected chi connectivity index (χ4v) is 2.61. The van der Waals surface area contributed by atoms with Gasteiger partial charge in [-0.1, -0.05) is 17.7 Å². The summed E-state index contributed by atoms with van der Waals surface area (Å²) >= 11 is 6.01. The van der Waals surface area contributed by atoms with Gasteiger partial charge in [0, 0.05) is 22.3 Å². The molecule has 2 aromatic rings. The molecule has 1 aromatic heterocycles. The molecule has 3 rings (SSSR count). The largest absolute Gasteiger partial charge is 0.324 e. The van der Waals surface area contributed by atoms with E-state index >= 15 is 0 Å². The molecule has 1 aliphatic rings. The van der Waals surface area contributed by atoms with Crippen LogP contribution in [0.3, 0.4) is 0 Å². The number of halogens is 1. The minimum Gasteiger partial charge on any atom is -0.324 e. The van der Waals surface area contributed by atoms with Crippen molar-refractivity contribution in [3.8, 4) is 5.69 Å². The summed E-state index contributed by atoms with van der Waals surface area (Å²) < 4.78 is 1.96. The molecule has 0 radical (unpaired) electrons. The van der Waals surface area contributed by atoms with Crippen LogP contribution in [0.5, 0.6) is 0 Å². The number of nitrogens with zero attached hydrogens (tertiary/aromatic N) is 2. The zero-order chi connectivity index (χ0) is 11.8. The number of benzene rings is 1. The maximum Gasteiger partial charge on any atom is 0.0663 e. The standard InChI is InChI=1S/C13H14ClN3/c14-9-3-1-4-10(7-9)17-13-6-2-5-12(15)11(13)8-16-17/h1,3-4,7-8,12H,2,5-6,15H2. The van der Waals surface area contributed by atoms with Crippen LogP contribution in [0.4, 0.5) is 0 Å². The highest BCUT2D eigenvalue weighted by Crippen LogP contribution is 2.29. The van der Waals surface area contributed by atoms with E-state index in [0.717, 1.165) is 30.0 Å². The molecule has 0 saturated heterocycles. The van der Waals surface area contributed by atoms with Crippen molar-refractivity contribution in [1.82, 2.24) is 9.78 Å². The molecule has 4 heteroatoms. The average molecular weight is 248 g/mol. The maximum atomic E-state index is 6.09. The topological polar surface area (TPSA) is 43.8 Å². The summed E-state index contributed by atoms with van der Waals surface area (Å²) in [6, 6.07) is 7.88. The molecule has 2 N–H and O–H groups in total. The highest BCUT2D eigenvalue weighted by molar-refractivity contribution is 6.30. The van der Waals surface area contributed by atoms with E-state index in [2.05, 4.69) is 5.10 Å². The molecule has 88 valence electrons. The second kappa shape index (κ2) is 4.17. The molecular weight excluding hydrogens is 234 g/mol. The van der Waals surface area contributed by atoms with Crippen molar-refractivity contribution in [2.24, 2.45) is 5.73 Å². The Labute approximate surface area is 105 Å². The molecule has 0 spiro atoms. The van der Waals surface area contributed by atoms with Crippen LogP contribution in [0, 0.1) is 0 Å². The Morgan fingerprint density at radius 2 is 2.29 bits per heavy atom. The summed E-state index contributed by atoms with van der Waals surface area (Å²) in [6.07, 6.45) is 5.10. The summed E-state index contributed by atoms with van der Waals surface area (Å²) in [5.74, 6) is 0. The van der Waals surface area contributed by atoms with Crippen LogP contribution in [-0.2, 0) is 6.42 Å². The van der Waals surface area contributed by atoms with Crippen molar-refractivity contribution >= 4 is 11.6 Å². The summed E-state index contributed by atoms with van der Waals surface area (Å²) in [5.41, 5.74) is 9.50. The normalized spacial score (nSPS) is 19.1. The highest BCUT2D eigenvalue weighted by Gasteiger charge is 2.21.